The van der Waals surface area contributed by atoms with Gasteiger partial charge in [0.1, 0.15) is 0 Å². The summed E-state index contributed by atoms with van der Waals surface area (Å²) >= 11 is 0. The van der Waals surface area contributed by atoms with Crippen LogP contribution in [0.25, 0.3) is 0 Å². The molecule has 3 heteroatoms. The summed E-state index contributed by atoms with van der Waals surface area (Å²) in [4.78, 5) is 0. The van der Waals surface area contributed by atoms with Crippen molar-refractivity contribution in [1.82, 2.24) is 0 Å². The quantitative estimate of drug-likeness (QED) is 0.417. The van der Waals surface area contributed by atoms with E-state index in [1.807, 2.05) is 13.8 Å². The number of nitrogens with one attached hydrogen (secondary N) is 1. The van der Waals surface area contributed by atoms with Crippen LogP contribution in [0, 0.1) is 22.7 Å². The van der Waals surface area contributed by atoms with Crippen molar-refractivity contribution in [2.75, 3.05) is 6.61 Å². The van der Waals surface area contributed by atoms with E-state index < -0.39 is 0 Å². The zero-order chi connectivity index (χ0) is 14.5. The van der Waals surface area contributed by atoms with Gasteiger partial charge in [-0.15, -0.1) is 0 Å². The maximum atomic E-state index is 7.53. The molecule has 0 aliphatic heterocycles. The van der Waals surface area contributed by atoms with E-state index in [1.165, 1.54) is 19.3 Å². The van der Waals surface area contributed by atoms with Gasteiger partial charge in [0, 0.05) is 12.0 Å². The topological polar surface area (TPSA) is 59.1 Å². The van der Waals surface area contributed by atoms with Crippen molar-refractivity contribution < 1.29 is 4.74 Å². The molecule has 0 aromatic rings. The number of unbranched alkanes of at least 4 members (excludes halogenated alkanes) is 1. The summed E-state index contributed by atoms with van der Waals surface area (Å²) in [6.45, 7) is 9.61. The molecule has 19 heavy (non-hydrogen) atoms. The van der Waals surface area contributed by atoms with Crippen molar-refractivity contribution in [2.24, 2.45) is 23.0 Å². The molecule has 0 bridgehead atoms. The second-order valence-electron chi connectivity index (χ2n) is 7.16. The first-order valence-corrected chi connectivity index (χ1v) is 7.77. The fraction of sp³-hybridized carbons (Fsp3) is 0.938. The van der Waals surface area contributed by atoms with Crippen LogP contribution in [0.3, 0.4) is 0 Å². The predicted octanol–water partition coefficient (Wildman–Crippen LogP) is 3.96. The van der Waals surface area contributed by atoms with Crippen LogP contribution in [0.5, 0.6) is 0 Å². The number of rotatable bonds is 7. The highest BCUT2D eigenvalue weighted by atomic mass is 16.5. The van der Waals surface area contributed by atoms with Gasteiger partial charge in [0.25, 0.3) is 0 Å². The first kappa shape index (κ1) is 16.5. The van der Waals surface area contributed by atoms with Gasteiger partial charge in [-0.3, -0.25) is 5.41 Å². The van der Waals surface area contributed by atoms with Crippen molar-refractivity contribution in [1.29, 1.82) is 5.41 Å². The van der Waals surface area contributed by atoms with E-state index in [1.54, 1.807) is 0 Å². The fourth-order valence-electron chi connectivity index (χ4n) is 3.06. The molecular weight excluding hydrogens is 236 g/mol. The first-order valence-electron chi connectivity index (χ1n) is 7.77. The van der Waals surface area contributed by atoms with Crippen LogP contribution in [0.4, 0.5) is 0 Å². The molecule has 1 fully saturated rings. The molecule has 112 valence electrons. The maximum absolute atomic E-state index is 7.53. The van der Waals surface area contributed by atoms with Gasteiger partial charge in [-0.05, 0) is 43.9 Å². The van der Waals surface area contributed by atoms with Gasteiger partial charge in [-0.1, -0.05) is 34.1 Å². The van der Waals surface area contributed by atoms with E-state index in [4.69, 9.17) is 15.9 Å². The molecule has 0 aromatic heterocycles. The van der Waals surface area contributed by atoms with Crippen molar-refractivity contribution in [3.63, 3.8) is 0 Å². The lowest BCUT2D eigenvalue weighted by Gasteiger charge is -2.31. The summed E-state index contributed by atoms with van der Waals surface area (Å²) in [5, 5.41) is 7.53. The average molecular weight is 268 g/mol. The van der Waals surface area contributed by atoms with Gasteiger partial charge < -0.3 is 10.5 Å². The SMILES string of the molecule is CC1CC(C)CC(OCCCCC(C)(C)C(=N)N)C1. The third-order valence-electron chi connectivity index (χ3n) is 4.41. The van der Waals surface area contributed by atoms with E-state index in [2.05, 4.69) is 13.8 Å². The van der Waals surface area contributed by atoms with Gasteiger partial charge in [0.05, 0.1) is 11.9 Å². The van der Waals surface area contributed by atoms with Crippen LogP contribution in [-0.2, 0) is 4.74 Å². The highest BCUT2D eigenvalue weighted by Gasteiger charge is 2.24. The largest absolute Gasteiger partial charge is 0.387 e. The lowest BCUT2D eigenvalue weighted by molar-refractivity contribution is -0.000951. The van der Waals surface area contributed by atoms with Gasteiger partial charge in [0.15, 0.2) is 0 Å². The number of hydrogen-bond acceptors (Lipinski definition) is 2. The molecule has 2 atom stereocenters. The Morgan fingerprint density at radius 3 is 2.26 bits per heavy atom. The summed E-state index contributed by atoms with van der Waals surface area (Å²) in [5.74, 6) is 1.92. The van der Waals surface area contributed by atoms with Gasteiger partial charge in [-0.2, -0.15) is 0 Å². The lowest BCUT2D eigenvalue weighted by atomic mass is 9.82. The molecule has 3 N–H and O–H groups in total. The molecule has 1 aliphatic rings. The Labute approximate surface area is 118 Å². The molecule has 0 aromatic carbocycles. The van der Waals surface area contributed by atoms with Crippen LogP contribution in [0.2, 0.25) is 0 Å². The zero-order valence-corrected chi connectivity index (χ0v) is 13.2. The monoisotopic (exact) mass is 268 g/mol. The van der Waals surface area contributed by atoms with Crippen LogP contribution in [0.15, 0.2) is 0 Å². The van der Waals surface area contributed by atoms with Crippen molar-refractivity contribution in [3.05, 3.63) is 0 Å². The minimum absolute atomic E-state index is 0.159. The summed E-state index contributed by atoms with van der Waals surface area (Å²) in [5.41, 5.74) is 5.43. The number of amidine groups is 1. The molecular formula is C16H32N2O. The third kappa shape index (κ3) is 5.94. The molecule has 0 radical (unpaired) electrons. The second-order valence-corrected chi connectivity index (χ2v) is 7.16. The predicted molar refractivity (Wildman–Crippen MR) is 81.5 cm³/mol. The minimum atomic E-state index is -0.159. The maximum Gasteiger partial charge on any atom is 0.0963 e. The number of nitrogens with two attached hydrogens (primary N) is 1. The minimum Gasteiger partial charge on any atom is -0.387 e. The van der Waals surface area contributed by atoms with E-state index in [9.17, 15) is 0 Å². The summed E-state index contributed by atoms with van der Waals surface area (Å²) < 4.78 is 6.01. The molecule has 0 spiro atoms. The number of hydrogen-bond donors (Lipinski definition) is 2. The average Bonchev–Trinajstić information content (AvgIpc) is 2.26. The highest BCUT2D eigenvalue weighted by molar-refractivity contribution is 5.82. The van der Waals surface area contributed by atoms with Crippen LogP contribution >= 0.6 is 0 Å². The van der Waals surface area contributed by atoms with Gasteiger partial charge >= 0.3 is 0 Å². The van der Waals surface area contributed by atoms with Crippen LogP contribution < -0.4 is 5.73 Å². The molecule has 2 unspecified atom stereocenters. The third-order valence-corrected chi connectivity index (χ3v) is 4.41. The Kier molecular flexibility index (Phi) is 6.31. The van der Waals surface area contributed by atoms with E-state index in [0.29, 0.717) is 11.9 Å². The fourth-order valence-corrected chi connectivity index (χ4v) is 3.06. The normalized spacial score (nSPS) is 28.3. The summed E-state index contributed by atoms with van der Waals surface area (Å²) in [6, 6.07) is 0. The van der Waals surface area contributed by atoms with Crippen LogP contribution in [-0.4, -0.2) is 18.5 Å². The lowest BCUT2D eigenvalue weighted by Crippen LogP contribution is -2.30. The molecule has 1 aliphatic carbocycles. The smallest absolute Gasteiger partial charge is 0.0963 e. The van der Waals surface area contributed by atoms with Gasteiger partial charge in [0.2, 0.25) is 0 Å². The Hall–Kier alpha value is -0.570. The van der Waals surface area contributed by atoms with E-state index in [-0.39, 0.29) is 5.41 Å². The molecule has 3 nitrogen and oxygen atoms in total. The standard InChI is InChI=1S/C16H32N2O/c1-12-9-13(2)11-14(10-12)19-8-6-5-7-16(3,4)15(17)18/h12-14H,5-11H2,1-4H3,(H3,17,18). The van der Waals surface area contributed by atoms with E-state index >= 15 is 0 Å². The Morgan fingerprint density at radius 1 is 1.16 bits per heavy atom. The summed E-state index contributed by atoms with van der Waals surface area (Å²) in [6.07, 6.45) is 7.42. The molecule has 0 saturated heterocycles. The van der Waals surface area contributed by atoms with Crippen molar-refractivity contribution >= 4 is 5.84 Å². The molecule has 0 amide bonds. The van der Waals surface area contributed by atoms with E-state index in [0.717, 1.165) is 37.7 Å². The van der Waals surface area contributed by atoms with Gasteiger partial charge in [-0.25, -0.2) is 0 Å². The Morgan fingerprint density at radius 2 is 1.74 bits per heavy atom. The Bertz CT molecular complexity index is 278. The second kappa shape index (κ2) is 7.28. The van der Waals surface area contributed by atoms with Crippen molar-refractivity contribution in [3.8, 4) is 0 Å². The molecule has 1 rings (SSSR count). The molecule has 1 saturated carbocycles. The first-order chi connectivity index (χ1) is 8.81. The molecule has 0 heterocycles. The highest BCUT2D eigenvalue weighted by Crippen LogP contribution is 2.30. The number of ether oxygens (including phenoxy) is 1. The van der Waals surface area contributed by atoms with Crippen LogP contribution in [0.1, 0.15) is 66.2 Å². The van der Waals surface area contributed by atoms with Crippen molar-refractivity contribution in [2.45, 2.75) is 72.3 Å². The summed E-state index contributed by atoms with van der Waals surface area (Å²) in [7, 11) is 0. The zero-order valence-electron chi connectivity index (χ0n) is 13.2. The Balaban J connectivity index is 2.12.